The van der Waals surface area contributed by atoms with E-state index in [0.717, 1.165) is 11.1 Å². The molecule has 0 unspecified atom stereocenters. The van der Waals surface area contributed by atoms with Gasteiger partial charge in [0.15, 0.2) is 0 Å². The van der Waals surface area contributed by atoms with Gasteiger partial charge in [0.05, 0.1) is 6.21 Å². The smallest absolute Gasteiger partial charge is 0.211 e. The van der Waals surface area contributed by atoms with Crippen LogP contribution in [0.25, 0.3) is 11.1 Å². The molecule has 2 aromatic rings. The molecule has 0 bridgehead atoms. The molecule has 0 heterocycles. The van der Waals surface area contributed by atoms with Gasteiger partial charge in [0.1, 0.15) is 0 Å². The average Bonchev–Trinajstić information content (AvgIpc) is 2.40. The Morgan fingerprint density at radius 2 is 1.44 bits per heavy atom. The third-order valence-corrected chi connectivity index (χ3v) is 2.40. The van der Waals surface area contributed by atoms with Crippen LogP contribution in [-0.2, 0) is 0 Å². The highest BCUT2D eigenvalue weighted by atomic mass is 15.3. The van der Waals surface area contributed by atoms with Gasteiger partial charge in [-0.25, -0.2) is 0 Å². The van der Waals surface area contributed by atoms with Gasteiger partial charge in [0, 0.05) is 0 Å². The molecule has 2 rings (SSSR count). The van der Waals surface area contributed by atoms with Crippen molar-refractivity contribution in [2.45, 2.75) is 0 Å². The number of benzene rings is 2. The van der Waals surface area contributed by atoms with Crippen molar-refractivity contribution in [1.29, 1.82) is 0 Å². The molecule has 4 heteroatoms. The lowest BCUT2D eigenvalue weighted by molar-refractivity contribution is 1.21. The van der Waals surface area contributed by atoms with Crippen LogP contribution in [0.2, 0.25) is 0 Å². The quantitative estimate of drug-likeness (QED) is 0.487. The summed E-state index contributed by atoms with van der Waals surface area (Å²) in [6, 6.07) is 18.2. The van der Waals surface area contributed by atoms with Crippen LogP contribution < -0.4 is 11.5 Å². The first kappa shape index (κ1) is 11.9. The van der Waals surface area contributed by atoms with E-state index in [0.29, 0.717) is 0 Å². The van der Waals surface area contributed by atoms with E-state index in [1.165, 1.54) is 5.56 Å². The molecular formula is C14H14N4. The number of rotatable bonds is 3. The molecule has 0 amide bonds. The van der Waals surface area contributed by atoms with Gasteiger partial charge < -0.3 is 11.5 Å². The first-order valence-corrected chi connectivity index (χ1v) is 5.53. The fraction of sp³-hybridized carbons (Fsp3) is 0. The van der Waals surface area contributed by atoms with Gasteiger partial charge >= 0.3 is 0 Å². The SMILES string of the molecule is NC(N)=N/N=C\c1ccc(-c2ccccc2)cc1. The molecule has 0 spiro atoms. The molecule has 0 aliphatic carbocycles. The van der Waals surface area contributed by atoms with E-state index < -0.39 is 0 Å². The predicted molar refractivity (Wildman–Crippen MR) is 75.3 cm³/mol. The first-order chi connectivity index (χ1) is 8.75. The number of guanidine groups is 1. The van der Waals surface area contributed by atoms with Crippen LogP contribution >= 0.6 is 0 Å². The first-order valence-electron chi connectivity index (χ1n) is 5.53. The Hall–Kier alpha value is -2.62. The summed E-state index contributed by atoms with van der Waals surface area (Å²) in [4.78, 5) is 0. The molecule has 4 N–H and O–H groups in total. The highest BCUT2D eigenvalue weighted by molar-refractivity contribution is 5.82. The zero-order valence-electron chi connectivity index (χ0n) is 9.82. The molecule has 18 heavy (non-hydrogen) atoms. The van der Waals surface area contributed by atoms with Crippen LogP contribution in [-0.4, -0.2) is 12.2 Å². The number of nitrogens with zero attached hydrogens (tertiary/aromatic N) is 2. The molecule has 0 saturated carbocycles. The predicted octanol–water partition coefficient (Wildman–Crippen LogP) is 1.96. The minimum absolute atomic E-state index is 0.0489. The van der Waals surface area contributed by atoms with E-state index in [-0.39, 0.29) is 5.96 Å². The molecule has 4 nitrogen and oxygen atoms in total. The number of hydrogen-bond acceptors (Lipinski definition) is 2. The Kier molecular flexibility index (Phi) is 3.71. The lowest BCUT2D eigenvalue weighted by atomic mass is 10.0. The van der Waals surface area contributed by atoms with Crippen LogP contribution in [0.15, 0.2) is 64.8 Å². The van der Waals surface area contributed by atoms with Gasteiger partial charge in [0.25, 0.3) is 0 Å². The Balaban J connectivity index is 2.16. The van der Waals surface area contributed by atoms with Crippen LogP contribution in [0.4, 0.5) is 0 Å². The molecule has 90 valence electrons. The molecule has 0 radical (unpaired) electrons. The number of nitrogens with two attached hydrogens (primary N) is 2. The van der Waals surface area contributed by atoms with Crippen LogP contribution in [0.3, 0.4) is 0 Å². The summed E-state index contributed by atoms with van der Waals surface area (Å²) in [6.45, 7) is 0. The molecule has 2 aromatic carbocycles. The summed E-state index contributed by atoms with van der Waals surface area (Å²) in [5.74, 6) is -0.0489. The lowest BCUT2D eigenvalue weighted by Gasteiger charge is -2.01. The minimum Gasteiger partial charge on any atom is -0.369 e. The second-order valence-electron chi connectivity index (χ2n) is 3.76. The van der Waals surface area contributed by atoms with Crippen LogP contribution in [0.1, 0.15) is 5.56 Å². The lowest BCUT2D eigenvalue weighted by Crippen LogP contribution is -2.21. The van der Waals surface area contributed by atoms with Crippen molar-refractivity contribution in [3.05, 3.63) is 60.2 Å². The van der Waals surface area contributed by atoms with E-state index in [4.69, 9.17) is 11.5 Å². The van der Waals surface area contributed by atoms with E-state index in [1.807, 2.05) is 42.5 Å². The molecule has 0 saturated heterocycles. The monoisotopic (exact) mass is 238 g/mol. The van der Waals surface area contributed by atoms with Crippen LogP contribution in [0, 0.1) is 0 Å². The van der Waals surface area contributed by atoms with Crippen molar-refractivity contribution in [3.8, 4) is 11.1 Å². The molecule has 0 aromatic heterocycles. The van der Waals surface area contributed by atoms with Crippen molar-refractivity contribution in [2.24, 2.45) is 21.7 Å². The third-order valence-electron chi connectivity index (χ3n) is 2.40. The zero-order valence-corrected chi connectivity index (χ0v) is 9.82. The summed E-state index contributed by atoms with van der Waals surface area (Å²) < 4.78 is 0. The van der Waals surface area contributed by atoms with Crippen molar-refractivity contribution in [3.63, 3.8) is 0 Å². The summed E-state index contributed by atoms with van der Waals surface area (Å²) in [7, 11) is 0. The normalized spacial score (nSPS) is 10.4. The molecular weight excluding hydrogens is 224 g/mol. The van der Waals surface area contributed by atoms with Crippen molar-refractivity contribution in [2.75, 3.05) is 0 Å². The van der Waals surface area contributed by atoms with Gasteiger partial charge in [-0.1, -0.05) is 54.6 Å². The fourth-order valence-corrected chi connectivity index (χ4v) is 1.55. The number of hydrogen-bond donors (Lipinski definition) is 2. The standard InChI is InChI=1S/C14H14N4/c15-14(16)18-17-10-11-6-8-13(9-7-11)12-4-2-1-3-5-12/h1-10H,(H4,15,16,18)/b17-10-. The Bertz CT molecular complexity index is 552. The molecule has 0 atom stereocenters. The van der Waals surface area contributed by atoms with Crippen molar-refractivity contribution < 1.29 is 0 Å². The van der Waals surface area contributed by atoms with E-state index >= 15 is 0 Å². The van der Waals surface area contributed by atoms with E-state index in [9.17, 15) is 0 Å². The maximum atomic E-state index is 5.17. The van der Waals surface area contributed by atoms with Gasteiger partial charge in [-0.2, -0.15) is 5.10 Å². The topological polar surface area (TPSA) is 76.8 Å². The Morgan fingerprint density at radius 3 is 2.06 bits per heavy atom. The van der Waals surface area contributed by atoms with E-state index in [2.05, 4.69) is 22.3 Å². The van der Waals surface area contributed by atoms with Gasteiger partial charge in [-0.15, -0.1) is 5.10 Å². The van der Waals surface area contributed by atoms with Gasteiger partial charge in [0.2, 0.25) is 5.96 Å². The molecule has 0 aliphatic heterocycles. The highest BCUT2D eigenvalue weighted by Gasteiger charge is 1.95. The minimum atomic E-state index is -0.0489. The zero-order chi connectivity index (χ0) is 12.8. The molecule has 0 fully saturated rings. The van der Waals surface area contributed by atoms with Gasteiger partial charge in [-0.05, 0) is 16.7 Å². The fourth-order valence-electron chi connectivity index (χ4n) is 1.55. The Morgan fingerprint density at radius 1 is 0.833 bits per heavy atom. The van der Waals surface area contributed by atoms with Crippen molar-refractivity contribution in [1.82, 2.24) is 0 Å². The maximum Gasteiger partial charge on any atom is 0.211 e. The summed E-state index contributed by atoms with van der Waals surface area (Å²) in [6.07, 6.45) is 1.61. The molecule has 0 aliphatic rings. The second kappa shape index (κ2) is 5.63. The third kappa shape index (κ3) is 3.18. The second-order valence-corrected chi connectivity index (χ2v) is 3.76. The Labute approximate surface area is 106 Å². The maximum absolute atomic E-state index is 5.17. The largest absolute Gasteiger partial charge is 0.369 e. The van der Waals surface area contributed by atoms with E-state index in [1.54, 1.807) is 6.21 Å². The average molecular weight is 238 g/mol. The summed E-state index contributed by atoms with van der Waals surface area (Å²) in [5.41, 5.74) is 13.6. The highest BCUT2D eigenvalue weighted by Crippen LogP contribution is 2.18. The van der Waals surface area contributed by atoms with Crippen molar-refractivity contribution >= 4 is 12.2 Å². The van der Waals surface area contributed by atoms with Gasteiger partial charge in [-0.3, -0.25) is 0 Å². The van der Waals surface area contributed by atoms with Crippen LogP contribution in [0.5, 0.6) is 0 Å². The summed E-state index contributed by atoms with van der Waals surface area (Å²) >= 11 is 0. The summed E-state index contributed by atoms with van der Waals surface area (Å²) in [5, 5.41) is 7.30.